The van der Waals surface area contributed by atoms with E-state index in [0.29, 0.717) is 10.5 Å². The number of hydrogen-bond donors (Lipinski definition) is 4. The van der Waals surface area contributed by atoms with Crippen molar-refractivity contribution >= 4 is 42.5 Å². The van der Waals surface area contributed by atoms with Crippen LogP contribution < -0.4 is 9.97 Å². The van der Waals surface area contributed by atoms with Gasteiger partial charge in [0.15, 0.2) is 11.6 Å². The van der Waals surface area contributed by atoms with Gasteiger partial charge in [-0.15, -0.1) is 0 Å². The molecule has 2 aromatic rings. The molecule has 1 saturated heterocycles. The highest BCUT2D eigenvalue weighted by Crippen LogP contribution is 2.37. The quantitative estimate of drug-likeness (QED) is 0.158. The largest absolute Gasteiger partial charge is 0.535 e. The second-order valence-electron chi connectivity index (χ2n) is 10.3. The fourth-order valence-electron chi connectivity index (χ4n) is 5.07. The fourth-order valence-corrected chi connectivity index (χ4v) is 5.07. The van der Waals surface area contributed by atoms with Crippen molar-refractivity contribution in [1.82, 2.24) is 20.1 Å². The van der Waals surface area contributed by atoms with E-state index >= 15 is 4.39 Å². The van der Waals surface area contributed by atoms with Gasteiger partial charge in [-0.3, -0.25) is 29.1 Å². The number of nitrogens with one attached hydrogen (secondary N) is 1. The van der Waals surface area contributed by atoms with Gasteiger partial charge in [-0.1, -0.05) is 12.1 Å². The molecule has 2 atom stereocenters. The number of aliphatic hydroxyl groups is 1. The Morgan fingerprint density at radius 1 is 1.20 bits per heavy atom. The van der Waals surface area contributed by atoms with E-state index in [4.69, 9.17) is 9.76 Å². The summed E-state index contributed by atoms with van der Waals surface area (Å²) < 4.78 is 20.8. The summed E-state index contributed by atoms with van der Waals surface area (Å²) in [5.74, 6) is -6.81. The van der Waals surface area contributed by atoms with E-state index in [1.54, 1.807) is 13.0 Å². The van der Waals surface area contributed by atoms with Gasteiger partial charge in [-0.2, -0.15) is 0 Å². The molecular weight excluding hydrogens is 582 g/mol. The van der Waals surface area contributed by atoms with Gasteiger partial charge in [-0.25, -0.2) is 14.0 Å². The summed E-state index contributed by atoms with van der Waals surface area (Å²) in [4.78, 5) is 81.4. The van der Waals surface area contributed by atoms with Crippen LogP contribution >= 0.6 is 0 Å². The van der Waals surface area contributed by atoms with Crippen LogP contribution in [0.5, 0.6) is 5.75 Å². The van der Waals surface area contributed by atoms with Crippen LogP contribution in [-0.2, 0) is 20.8 Å². The number of fused-ring (bicyclic) bond motifs is 1. The molecule has 0 spiro atoms. The molecule has 0 radical (unpaired) electrons. The van der Waals surface area contributed by atoms with E-state index in [9.17, 15) is 38.9 Å². The number of piperazine rings is 1. The number of likely N-dealkylation sites (N-methyl/N-ethyl adjacent to an activating group) is 1. The third-order valence-corrected chi connectivity index (χ3v) is 7.47. The lowest BCUT2D eigenvalue weighted by atomic mass is 9.64. The normalized spacial score (nSPS) is 17.1. The first-order valence-electron chi connectivity index (χ1n) is 13.9. The average Bonchev–Trinajstić information content (AvgIpc) is 2.99. The highest BCUT2D eigenvalue weighted by molar-refractivity contribution is 6.47. The number of nitrogens with zero attached hydrogens (tertiary/aromatic N) is 3. The topological polar surface area (TPSA) is 204 Å². The molecule has 1 aromatic carbocycles. The number of pyridine rings is 1. The smallest absolute Gasteiger partial charge is 0.526 e. The number of aromatic carboxylic acids is 1. The number of benzene rings is 1. The molecule has 1 aromatic heterocycles. The van der Waals surface area contributed by atoms with E-state index < -0.39 is 72.3 Å². The molecule has 0 saturated carbocycles. The molecule has 3 heterocycles. The maximum absolute atomic E-state index is 15.4. The zero-order valence-corrected chi connectivity index (χ0v) is 23.7. The van der Waals surface area contributed by atoms with Crippen molar-refractivity contribution < 1.29 is 53.0 Å². The zero-order chi connectivity index (χ0) is 32.1. The second-order valence-corrected chi connectivity index (χ2v) is 10.3. The van der Waals surface area contributed by atoms with Gasteiger partial charge in [0.25, 0.3) is 0 Å². The summed E-state index contributed by atoms with van der Waals surface area (Å²) >= 11 is 0. The predicted octanol–water partition coefficient (Wildman–Crippen LogP) is 0.760. The molecule has 0 aliphatic carbocycles. The number of halogens is 1. The number of amides is 4. The number of ketones is 2. The van der Waals surface area contributed by atoms with E-state index in [1.807, 2.05) is 0 Å². The molecule has 14 nitrogen and oxygen atoms in total. The van der Waals surface area contributed by atoms with Gasteiger partial charge in [0.2, 0.25) is 0 Å². The highest BCUT2D eigenvalue weighted by Gasteiger charge is 2.42. The summed E-state index contributed by atoms with van der Waals surface area (Å²) in [6.45, 7) is 1.51. The number of rotatable bonds is 11. The number of aliphatic hydroxyl groups excluding tert-OH is 1. The van der Waals surface area contributed by atoms with Crippen LogP contribution in [0.2, 0.25) is 5.82 Å². The number of carboxylic acids is 1. The zero-order valence-electron chi connectivity index (χ0n) is 23.7. The van der Waals surface area contributed by atoms with Crippen molar-refractivity contribution in [3.63, 3.8) is 0 Å². The Hall–Kier alpha value is -4.70. The maximum atomic E-state index is 15.4. The van der Waals surface area contributed by atoms with Crippen LogP contribution in [0.3, 0.4) is 0 Å². The third-order valence-electron chi connectivity index (χ3n) is 7.47. The summed E-state index contributed by atoms with van der Waals surface area (Å²) in [7, 11) is -1.63. The van der Waals surface area contributed by atoms with Crippen LogP contribution in [0.1, 0.15) is 64.2 Å². The van der Waals surface area contributed by atoms with Gasteiger partial charge in [0, 0.05) is 56.7 Å². The molecule has 4 amide bonds. The number of para-hydroxylation sites is 1. The third kappa shape index (κ3) is 6.76. The summed E-state index contributed by atoms with van der Waals surface area (Å²) in [5, 5.41) is 31.3. The van der Waals surface area contributed by atoms with Gasteiger partial charge in [-0.05, 0) is 37.5 Å². The van der Waals surface area contributed by atoms with Gasteiger partial charge in [0.05, 0.1) is 5.56 Å². The molecule has 16 heteroatoms. The van der Waals surface area contributed by atoms with E-state index in [-0.39, 0.29) is 62.4 Å². The van der Waals surface area contributed by atoms with Crippen molar-refractivity contribution in [2.24, 2.45) is 0 Å². The van der Waals surface area contributed by atoms with Crippen LogP contribution in [-0.4, -0.2) is 98.8 Å². The number of carboxylic acid groups (broad SMARTS) is 1. The number of Topliss-reactive ketones (excluding diaryl/α,β-unsaturated/α-hetero) is 2. The minimum Gasteiger partial charge on any atom is -0.535 e. The van der Waals surface area contributed by atoms with Crippen molar-refractivity contribution in [1.29, 1.82) is 0 Å². The maximum Gasteiger partial charge on any atom is 0.526 e. The molecule has 0 bridgehead atoms. The lowest BCUT2D eigenvalue weighted by Crippen LogP contribution is -2.58. The standard InChI is InChI=1S/C28H30BFN4O10/c1-2-33-8-9-34(26(39)25(33)38)28(42)32-23(22-19(30)12-16(14-31-22)20(36)7-4-10-35)21(37)13-17-11-15-5-3-6-18(27(40)41)24(15)44-29(17)43/h3,5-6,12,14,17,23,35,43H,2,4,7-11,13H2,1H3,(H,32,42)(H,40,41)/t17-,23+/m1/s1. The molecule has 1 fully saturated rings. The number of carbonyl (C=O) groups excluding carboxylic acids is 5. The van der Waals surface area contributed by atoms with Crippen LogP contribution in [0.15, 0.2) is 30.5 Å². The minimum absolute atomic E-state index is 0.00417. The molecule has 232 valence electrons. The number of hydrogen-bond acceptors (Lipinski definition) is 10. The van der Waals surface area contributed by atoms with Crippen LogP contribution in [0, 0.1) is 5.82 Å². The van der Waals surface area contributed by atoms with E-state index in [2.05, 4.69) is 10.3 Å². The monoisotopic (exact) mass is 612 g/mol. The summed E-state index contributed by atoms with van der Waals surface area (Å²) in [5.41, 5.74) is -0.483. The molecular formula is C28H30BFN4O10. The lowest BCUT2D eigenvalue weighted by molar-refractivity contribution is -0.153. The van der Waals surface area contributed by atoms with Crippen molar-refractivity contribution in [3.8, 4) is 5.75 Å². The first kappa shape index (κ1) is 32.2. The fraction of sp³-hybridized carbons (Fsp3) is 0.393. The van der Waals surface area contributed by atoms with Crippen molar-refractivity contribution in [3.05, 3.63) is 58.7 Å². The summed E-state index contributed by atoms with van der Waals surface area (Å²) in [6.07, 6.45) is 0.574. The van der Waals surface area contributed by atoms with E-state index in [0.717, 1.165) is 12.3 Å². The van der Waals surface area contributed by atoms with Crippen LogP contribution in [0.4, 0.5) is 9.18 Å². The molecule has 4 rings (SSSR count). The molecule has 44 heavy (non-hydrogen) atoms. The molecule has 4 N–H and O–H groups in total. The molecule has 2 aliphatic heterocycles. The highest BCUT2D eigenvalue weighted by atomic mass is 19.1. The minimum atomic E-state index is -1.81. The second kappa shape index (κ2) is 13.7. The van der Waals surface area contributed by atoms with Crippen LogP contribution in [0.25, 0.3) is 0 Å². The first-order valence-corrected chi connectivity index (χ1v) is 13.9. The number of imide groups is 1. The number of carbonyl (C=O) groups is 6. The number of urea groups is 1. The predicted molar refractivity (Wildman–Crippen MR) is 149 cm³/mol. The molecule has 0 unspecified atom stereocenters. The Labute approximate surface area is 250 Å². The van der Waals surface area contributed by atoms with Gasteiger partial charge in [0.1, 0.15) is 23.3 Å². The Morgan fingerprint density at radius 3 is 2.61 bits per heavy atom. The van der Waals surface area contributed by atoms with Gasteiger partial charge >= 0.3 is 30.9 Å². The Balaban J connectivity index is 1.61. The Morgan fingerprint density at radius 2 is 1.95 bits per heavy atom. The lowest BCUT2D eigenvalue weighted by Gasteiger charge is -2.33. The van der Waals surface area contributed by atoms with Crippen molar-refractivity contribution in [2.75, 3.05) is 26.2 Å². The summed E-state index contributed by atoms with van der Waals surface area (Å²) in [6, 6.07) is 2.21. The van der Waals surface area contributed by atoms with Crippen molar-refractivity contribution in [2.45, 2.75) is 44.5 Å². The SMILES string of the molecule is CCN1CCN(C(=O)N[C@@H](C(=O)C[C@H]2Cc3cccc(C(=O)O)c3OB2O)c2ncc(C(=O)CCCO)cc2F)C(=O)C1=O. The number of aromatic nitrogens is 1. The van der Waals surface area contributed by atoms with Gasteiger partial charge < -0.3 is 30.1 Å². The average molecular weight is 612 g/mol. The first-order chi connectivity index (χ1) is 21.0. The molecule has 2 aliphatic rings. The Bertz CT molecular complexity index is 1500. The Kier molecular flexibility index (Phi) is 10.1. The van der Waals surface area contributed by atoms with E-state index in [1.165, 1.54) is 17.0 Å².